The lowest BCUT2D eigenvalue weighted by Crippen LogP contribution is -2.46. The van der Waals surface area contributed by atoms with Crippen molar-refractivity contribution in [2.75, 3.05) is 0 Å². The Balaban J connectivity index is 1.94. The van der Waals surface area contributed by atoms with Crippen molar-refractivity contribution >= 4 is 11.9 Å². The van der Waals surface area contributed by atoms with Crippen LogP contribution in [-0.4, -0.2) is 43.7 Å². The van der Waals surface area contributed by atoms with Gasteiger partial charge in [0.25, 0.3) is 5.91 Å². The summed E-state index contributed by atoms with van der Waals surface area (Å²) in [5.74, 6) is -0.734. The van der Waals surface area contributed by atoms with Gasteiger partial charge in [0.2, 0.25) is 0 Å². The molecule has 114 valence electrons. The Bertz CT molecular complexity index is 581. The number of carbonyl (C=O) groups excluding carboxylic acids is 1. The fourth-order valence-electron chi connectivity index (χ4n) is 3.92. The summed E-state index contributed by atoms with van der Waals surface area (Å²) >= 11 is 0. The van der Waals surface area contributed by atoms with Gasteiger partial charge in [-0.2, -0.15) is 5.10 Å². The minimum atomic E-state index is -0.890. The minimum Gasteiger partial charge on any atom is -0.480 e. The molecule has 1 aromatic rings. The van der Waals surface area contributed by atoms with Crippen LogP contribution in [0, 0.1) is 12.8 Å². The zero-order chi connectivity index (χ0) is 15.1. The van der Waals surface area contributed by atoms with E-state index in [4.69, 9.17) is 0 Å². The van der Waals surface area contributed by atoms with E-state index in [1.165, 1.54) is 0 Å². The van der Waals surface area contributed by atoms with Gasteiger partial charge in [0.15, 0.2) is 0 Å². The summed E-state index contributed by atoms with van der Waals surface area (Å²) < 4.78 is 1.60. The highest BCUT2D eigenvalue weighted by Gasteiger charge is 2.48. The lowest BCUT2D eigenvalue weighted by Gasteiger charge is -2.32. The molecule has 0 bridgehead atoms. The number of carboxylic acids is 1. The Morgan fingerprint density at radius 1 is 1.33 bits per heavy atom. The summed E-state index contributed by atoms with van der Waals surface area (Å²) in [4.78, 5) is 26.0. The highest BCUT2D eigenvalue weighted by molar-refractivity contribution is 5.98. The predicted molar refractivity (Wildman–Crippen MR) is 75.9 cm³/mol. The molecule has 21 heavy (non-hydrogen) atoms. The molecule has 3 atom stereocenters. The number of rotatable bonds is 2. The lowest BCUT2D eigenvalue weighted by atomic mass is 9.84. The number of fused-ring (bicyclic) bond motifs is 1. The van der Waals surface area contributed by atoms with Crippen LogP contribution in [0.25, 0.3) is 0 Å². The first kappa shape index (κ1) is 14.1. The van der Waals surface area contributed by atoms with Crippen LogP contribution in [0.3, 0.4) is 0 Å². The summed E-state index contributed by atoms with van der Waals surface area (Å²) in [5, 5.41) is 13.7. The van der Waals surface area contributed by atoms with Gasteiger partial charge in [-0.3, -0.25) is 9.48 Å². The lowest BCUT2D eigenvalue weighted by molar-refractivity contribution is -0.141. The second-order valence-corrected chi connectivity index (χ2v) is 6.22. The number of carboxylic acid groups (broad SMARTS) is 1. The summed E-state index contributed by atoms with van der Waals surface area (Å²) in [6.07, 6.45) is 6.44. The average molecular weight is 291 g/mol. The molecule has 1 aliphatic carbocycles. The molecule has 1 saturated carbocycles. The number of aliphatic carboxylic acids is 1. The largest absolute Gasteiger partial charge is 0.480 e. The van der Waals surface area contributed by atoms with Crippen molar-refractivity contribution in [2.45, 2.75) is 51.1 Å². The normalized spacial score (nSPS) is 28.5. The van der Waals surface area contributed by atoms with Crippen LogP contribution in [0.4, 0.5) is 0 Å². The van der Waals surface area contributed by atoms with Crippen LogP contribution < -0.4 is 0 Å². The zero-order valence-corrected chi connectivity index (χ0v) is 12.5. The first-order valence-electron chi connectivity index (χ1n) is 7.54. The third kappa shape index (κ3) is 2.32. The number of aromatic nitrogens is 2. The van der Waals surface area contributed by atoms with Crippen molar-refractivity contribution in [3.63, 3.8) is 0 Å². The van der Waals surface area contributed by atoms with Gasteiger partial charge in [-0.1, -0.05) is 12.8 Å². The fourth-order valence-corrected chi connectivity index (χ4v) is 3.92. The third-order valence-electron chi connectivity index (χ3n) is 4.85. The summed E-state index contributed by atoms with van der Waals surface area (Å²) in [7, 11) is 1.77. The van der Waals surface area contributed by atoms with Crippen molar-refractivity contribution in [3.8, 4) is 0 Å². The maximum absolute atomic E-state index is 12.9. The molecule has 6 nitrogen and oxygen atoms in total. The highest BCUT2D eigenvalue weighted by Crippen LogP contribution is 2.40. The Morgan fingerprint density at radius 2 is 2.05 bits per heavy atom. The van der Waals surface area contributed by atoms with Crippen LogP contribution in [0.1, 0.15) is 48.2 Å². The van der Waals surface area contributed by atoms with Crippen LogP contribution in [0.5, 0.6) is 0 Å². The molecule has 6 heteroatoms. The van der Waals surface area contributed by atoms with E-state index in [1.807, 2.05) is 0 Å². The molecule has 1 N–H and O–H groups in total. The smallest absolute Gasteiger partial charge is 0.326 e. The van der Waals surface area contributed by atoms with Crippen molar-refractivity contribution in [2.24, 2.45) is 13.0 Å². The van der Waals surface area contributed by atoms with Gasteiger partial charge < -0.3 is 10.0 Å². The quantitative estimate of drug-likeness (QED) is 0.897. The maximum Gasteiger partial charge on any atom is 0.326 e. The Kier molecular flexibility index (Phi) is 3.47. The van der Waals surface area contributed by atoms with Crippen LogP contribution in [0.15, 0.2) is 6.20 Å². The molecule has 2 aliphatic rings. The molecule has 3 rings (SSSR count). The van der Waals surface area contributed by atoms with Gasteiger partial charge in [-0.15, -0.1) is 0 Å². The number of hydrogen-bond donors (Lipinski definition) is 1. The van der Waals surface area contributed by atoms with E-state index in [0.717, 1.165) is 25.7 Å². The van der Waals surface area contributed by atoms with E-state index in [2.05, 4.69) is 5.10 Å². The molecule has 0 spiro atoms. The first-order valence-corrected chi connectivity index (χ1v) is 7.54. The zero-order valence-electron chi connectivity index (χ0n) is 12.5. The molecule has 1 saturated heterocycles. The molecule has 0 radical (unpaired) electrons. The first-order chi connectivity index (χ1) is 9.99. The number of aryl methyl sites for hydroxylation is 2. The van der Waals surface area contributed by atoms with Crippen molar-refractivity contribution in [1.82, 2.24) is 14.7 Å². The van der Waals surface area contributed by atoms with Crippen molar-refractivity contribution in [1.29, 1.82) is 0 Å². The van der Waals surface area contributed by atoms with Gasteiger partial charge in [0.05, 0.1) is 11.3 Å². The SMILES string of the molecule is Cc1nn(C)cc1C(=O)N1[C@@H]2CCCC[C@H]2C[C@H]1C(=O)O. The number of likely N-dealkylation sites (tertiary alicyclic amines) is 1. The van der Waals surface area contributed by atoms with Crippen LogP contribution in [0.2, 0.25) is 0 Å². The molecular formula is C15H21N3O3. The molecule has 1 aliphatic heterocycles. The van der Waals surface area contributed by atoms with E-state index >= 15 is 0 Å². The van der Waals surface area contributed by atoms with E-state index in [9.17, 15) is 14.7 Å². The number of nitrogens with zero attached hydrogens (tertiary/aromatic N) is 3. The van der Waals surface area contributed by atoms with E-state index < -0.39 is 12.0 Å². The Labute approximate surface area is 123 Å². The molecule has 1 aromatic heterocycles. The standard InChI is InChI=1S/C15H21N3O3/c1-9-11(8-17(2)16-9)14(19)18-12-6-4-3-5-10(12)7-13(18)15(20)21/h8,10,12-13H,3-7H2,1-2H3,(H,20,21)/t10-,12+,13-/m0/s1. The van der Waals surface area contributed by atoms with Crippen LogP contribution >= 0.6 is 0 Å². The van der Waals surface area contributed by atoms with Gasteiger partial charge in [-0.05, 0) is 32.1 Å². The summed E-state index contributed by atoms with van der Waals surface area (Å²) in [6.45, 7) is 1.79. The molecule has 0 unspecified atom stereocenters. The monoisotopic (exact) mass is 291 g/mol. The number of amides is 1. The molecular weight excluding hydrogens is 270 g/mol. The van der Waals surface area contributed by atoms with Gasteiger partial charge in [0.1, 0.15) is 6.04 Å². The number of carbonyl (C=O) groups is 2. The molecule has 0 aromatic carbocycles. The second-order valence-electron chi connectivity index (χ2n) is 6.22. The summed E-state index contributed by atoms with van der Waals surface area (Å²) in [6, 6.07) is -0.614. The molecule has 1 amide bonds. The highest BCUT2D eigenvalue weighted by atomic mass is 16.4. The molecule has 2 fully saturated rings. The fraction of sp³-hybridized carbons (Fsp3) is 0.667. The van der Waals surface area contributed by atoms with E-state index in [0.29, 0.717) is 23.6 Å². The third-order valence-corrected chi connectivity index (χ3v) is 4.85. The van der Waals surface area contributed by atoms with E-state index in [-0.39, 0.29) is 11.9 Å². The topological polar surface area (TPSA) is 75.4 Å². The number of hydrogen-bond acceptors (Lipinski definition) is 3. The summed E-state index contributed by atoms with van der Waals surface area (Å²) in [5.41, 5.74) is 1.18. The van der Waals surface area contributed by atoms with Gasteiger partial charge >= 0.3 is 5.97 Å². The minimum absolute atomic E-state index is 0.0759. The average Bonchev–Trinajstić information content (AvgIpc) is 2.98. The second kappa shape index (κ2) is 5.16. The van der Waals surface area contributed by atoms with Crippen molar-refractivity contribution < 1.29 is 14.7 Å². The Morgan fingerprint density at radius 3 is 2.67 bits per heavy atom. The molecule has 2 heterocycles. The van der Waals surface area contributed by atoms with E-state index in [1.54, 1.807) is 29.7 Å². The maximum atomic E-state index is 12.9. The van der Waals surface area contributed by atoms with Crippen molar-refractivity contribution in [3.05, 3.63) is 17.5 Å². The van der Waals surface area contributed by atoms with Gasteiger partial charge in [-0.25, -0.2) is 4.79 Å². The van der Waals surface area contributed by atoms with Gasteiger partial charge in [0, 0.05) is 19.3 Å². The van der Waals surface area contributed by atoms with Crippen LogP contribution in [-0.2, 0) is 11.8 Å². The predicted octanol–water partition coefficient (Wildman–Crippen LogP) is 1.59. The Hall–Kier alpha value is -1.85.